The molecule has 1 aromatic heterocycles. The summed E-state index contributed by atoms with van der Waals surface area (Å²) in [6.45, 7) is 1.43. The van der Waals surface area contributed by atoms with Gasteiger partial charge in [-0.1, -0.05) is 18.2 Å². The second-order valence-electron chi connectivity index (χ2n) is 9.06. The Morgan fingerprint density at radius 2 is 1.88 bits per heavy atom. The van der Waals surface area contributed by atoms with Gasteiger partial charge in [0, 0.05) is 43.8 Å². The van der Waals surface area contributed by atoms with Crippen molar-refractivity contribution in [3.8, 4) is 11.5 Å². The van der Waals surface area contributed by atoms with Crippen molar-refractivity contribution in [1.82, 2.24) is 10.3 Å². The van der Waals surface area contributed by atoms with E-state index in [1.165, 1.54) is 18.9 Å². The van der Waals surface area contributed by atoms with E-state index in [0.29, 0.717) is 18.5 Å². The number of aromatic hydroxyl groups is 1. The molecule has 1 saturated carbocycles. The van der Waals surface area contributed by atoms with E-state index in [0.717, 1.165) is 54.5 Å². The Hall–Kier alpha value is -3.06. The van der Waals surface area contributed by atoms with E-state index >= 15 is 0 Å². The van der Waals surface area contributed by atoms with Crippen molar-refractivity contribution >= 4 is 22.4 Å². The molecule has 1 fully saturated rings. The molecule has 3 aromatic rings. The SMILES string of the molecule is COc1cc(CNCC2CCC(Nc3cc(N(C)C)c4ccccc4n3)CC2)cc(F)c1O. The molecule has 1 aliphatic rings. The molecule has 0 radical (unpaired) electrons. The van der Waals surface area contributed by atoms with Crippen LogP contribution in [-0.2, 0) is 6.54 Å². The summed E-state index contributed by atoms with van der Waals surface area (Å²) in [5.41, 5.74) is 2.94. The Balaban J connectivity index is 1.29. The molecule has 1 heterocycles. The maximum absolute atomic E-state index is 13.8. The standard InChI is InChI=1S/C26H33FN4O2/c1-31(2)23-14-25(30-22-7-5-4-6-20(22)23)29-19-10-8-17(9-11-19)15-28-16-18-12-21(27)26(32)24(13-18)33-3/h4-7,12-14,17,19,28,32H,8-11,15-16H2,1-3H3,(H,29,30). The van der Waals surface area contributed by atoms with E-state index in [1.54, 1.807) is 6.07 Å². The third kappa shape index (κ3) is 5.47. The van der Waals surface area contributed by atoms with E-state index in [4.69, 9.17) is 9.72 Å². The van der Waals surface area contributed by atoms with E-state index in [9.17, 15) is 9.50 Å². The zero-order valence-electron chi connectivity index (χ0n) is 19.6. The number of nitrogens with one attached hydrogen (secondary N) is 2. The predicted octanol–water partition coefficient (Wildman–Crippen LogP) is 4.91. The van der Waals surface area contributed by atoms with Gasteiger partial charge < -0.3 is 25.4 Å². The molecule has 0 bridgehead atoms. The van der Waals surface area contributed by atoms with Gasteiger partial charge in [-0.2, -0.15) is 0 Å². The molecule has 2 aromatic carbocycles. The molecule has 4 rings (SSSR count). The van der Waals surface area contributed by atoms with Crippen molar-refractivity contribution in [3.63, 3.8) is 0 Å². The minimum Gasteiger partial charge on any atom is -0.502 e. The number of methoxy groups -OCH3 is 1. The fourth-order valence-electron chi connectivity index (χ4n) is 4.63. The normalized spacial score (nSPS) is 18.3. The number of halogens is 1. The maximum atomic E-state index is 13.8. The first-order valence-electron chi connectivity index (χ1n) is 11.5. The lowest BCUT2D eigenvalue weighted by Gasteiger charge is -2.30. The van der Waals surface area contributed by atoms with Crippen LogP contribution >= 0.6 is 0 Å². The van der Waals surface area contributed by atoms with Crippen LogP contribution in [0.2, 0.25) is 0 Å². The van der Waals surface area contributed by atoms with Crippen LogP contribution in [0.3, 0.4) is 0 Å². The summed E-state index contributed by atoms with van der Waals surface area (Å²) in [7, 11) is 5.55. The molecule has 176 valence electrons. The van der Waals surface area contributed by atoms with Crippen LogP contribution in [0.4, 0.5) is 15.9 Å². The van der Waals surface area contributed by atoms with Crippen molar-refractivity contribution < 1.29 is 14.2 Å². The highest BCUT2D eigenvalue weighted by molar-refractivity contribution is 5.93. The number of hydrogen-bond acceptors (Lipinski definition) is 6. The lowest BCUT2D eigenvalue weighted by atomic mass is 9.86. The molecule has 33 heavy (non-hydrogen) atoms. The summed E-state index contributed by atoms with van der Waals surface area (Å²) in [6.07, 6.45) is 4.46. The molecule has 0 atom stereocenters. The number of rotatable bonds is 8. The molecule has 0 spiro atoms. The Morgan fingerprint density at radius 3 is 2.61 bits per heavy atom. The average molecular weight is 453 g/mol. The van der Waals surface area contributed by atoms with Crippen molar-refractivity contribution in [2.24, 2.45) is 5.92 Å². The summed E-state index contributed by atoms with van der Waals surface area (Å²) >= 11 is 0. The van der Waals surface area contributed by atoms with Gasteiger partial charge in [0.05, 0.1) is 12.6 Å². The van der Waals surface area contributed by atoms with Crippen LogP contribution in [0.25, 0.3) is 10.9 Å². The number of anilines is 2. The number of aromatic nitrogens is 1. The third-order valence-corrected chi connectivity index (χ3v) is 6.45. The zero-order chi connectivity index (χ0) is 23.4. The first-order chi connectivity index (χ1) is 15.9. The van der Waals surface area contributed by atoms with Gasteiger partial charge in [-0.15, -0.1) is 0 Å². The highest BCUT2D eigenvalue weighted by Crippen LogP contribution is 2.31. The summed E-state index contributed by atoms with van der Waals surface area (Å²) in [5.74, 6) is 0.595. The van der Waals surface area contributed by atoms with Crippen LogP contribution in [0.1, 0.15) is 31.2 Å². The molecule has 1 aliphatic carbocycles. The van der Waals surface area contributed by atoms with Crippen molar-refractivity contribution in [2.75, 3.05) is 38.0 Å². The minimum atomic E-state index is -0.655. The smallest absolute Gasteiger partial charge is 0.194 e. The molecular formula is C26H33FN4O2. The quantitative estimate of drug-likeness (QED) is 0.451. The summed E-state index contributed by atoms with van der Waals surface area (Å²) in [5, 5.41) is 17.9. The highest BCUT2D eigenvalue weighted by Gasteiger charge is 2.22. The Morgan fingerprint density at radius 1 is 1.12 bits per heavy atom. The molecule has 0 amide bonds. The third-order valence-electron chi connectivity index (χ3n) is 6.45. The predicted molar refractivity (Wildman–Crippen MR) is 132 cm³/mol. The number of fused-ring (bicyclic) bond motifs is 1. The zero-order valence-corrected chi connectivity index (χ0v) is 19.6. The fraction of sp³-hybridized carbons (Fsp3) is 0.423. The Kier molecular flexibility index (Phi) is 7.18. The number of benzene rings is 2. The topological polar surface area (TPSA) is 69.7 Å². The number of phenols is 1. The summed E-state index contributed by atoms with van der Waals surface area (Å²) < 4.78 is 18.8. The lowest BCUT2D eigenvalue weighted by molar-refractivity contribution is 0.323. The van der Waals surface area contributed by atoms with E-state index in [1.807, 2.05) is 12.1 Å². The molecule has 6 nitrogen and oxygen atoms in total. The van der Waals surface area contributed by atoms with Gasteiger partial charge in [0.1, 0.15) is 5.82 Å². The van der Waals surface area contributed by atoms with E-state index < -0.39 is 11.6 Å². The minimum absolute atomic E-state index is 0.165. The van der Waals surface area contributed by atoms with E-state index in [2.05, 4.69) is 47.8 Å². The molecule has 0 aliphatic heterocycles. The van der Waals surface area contributed by atoms with Gasteiger partial charge in [-0.25, -0.2) is 9.37 Å². The number of para-hydroxylation sites is 1. The molecule has 3 N–H and O–H groups in total. The van der Waals surface area contributed by atoms with Crippen LogP contribution in [-0.4, -0.2) is 43.9 Å². The maximum Gasteiger partial charge on any atom is 0.194 e. The largest absolute Gasteiger partial charge is 0.502 e. The Bertz CT molecular complexity index is 1100. The summed E-state index contributed by atoms with van der Waals surface area (Å²) in [6, 6.07) is 13.8. The van der Waals surface area contributed by atoms with Gasteiger partial charge in [-0.3, -0.25) is 0 Å². The van der Waals surface area contributed by atoms with Gasteiger partial charge in [0.15, 0.2) is 17.3 Å². The van der Waals surface area contributed by atoms with Crippen molar-refractivity contribution in [1.29, 1.82) is 0 Å². The van der Waals surface area contributed by atoms with Gasteiger partial charge in [-0.05, 0) is 61.9 Å². The lowest BCUT2D eigenvalue weighted by Crippen LogP contribution is -2.31. The average Bonchev–Trinajstić information content (AvgIpc) is 2.81. The fourth-order valence-corrected chi connectivity index (χ4v) is 4.63. The molecule has 0 unspecified atom stereocenters. The van der Waals surface area contributed by atoms with Gasteiger partial charge in [0.25, 0.3) is 0 Å². The second kappa shape index (κ2) is 10.3. The number of hydrogen-bond donors (Lipinski definition) is 3. The van der Waals surface area contributed by atoms with Crippen LogP contribution < -0.4 is 20.3 Å². The van der Waals surface area contributed by atoms with E-state index in [-0.39, 0.29) is 5.75 Å². The van der Waals surface area contributed by atoms with Gasteiger partial charge >= 0.3 is 0 Å². The van der Waals surface area contributed by atoms with Crippen molar-refractivity contribution in [2.45, 2.75) is 38.3 Å². The first-order valence-corrected chi connectivity index (χ1v) is 11.5. The highest BCUT2D eigenvalue weighted by atomic mass is 19.1. The monoisotopic (exact) mass is 452 g/mol. The molecule has 0 saturated heterocycles. The van der Waals surface area contributed by atoms with Crippen LogP contribution in [0.15, 0.2) is 42.5 Å². The Labute approximate surface area is 194 Å². The number of pyridine rings is 1. The molecule has 7 heteroatoms. The number of ether oxygens (including phenoxy) is 1. The number of phenolic OH excluding ortho intramolecular Hbond substituents is 1. The summed E-state index contributed by atoms with van der Waals surface area (Å²) in [4.78, 5) is 6.97. The van der Waals surface area contributed by atoms with Crippen molar-refractivity contribution in [3.05, 3.63) is 53.8 Å². The van der Waals surface area contributed by atoms with Crippen LogP contribution in [0, 0.1) is 11.7 Å². The first kappa shape index (κ1) is 23.1. The van der Waals surface area contributed by atoms with Gasteiger partial charge in [0.2, 0.25) is 0 Å². The number of nitrogens with zero attached hydrogens (tertiary/aromatic N) is 2. The van der Waals surface area contributed by atoms with Crippen LogP contribution in [0.5, 0.6) is 11.5 Å². The molecular weight excluding hydrogens is 419 g/mol. The second-order valence-corrected chi connectivity index (χ2v) is 9.06.